The van der Waals surface area contributed by atoms with E-state index in [9.17, 15) is 9.59 Å². The van der Waals surface area contributed by atoms with Crippen molar-refractivity contribution in [1.29, 1.82) is 0 Å². The molecule has 0 bridgehead atoms. The Bertz CT molecular complexity index is 987. The number of hydrogen-bond acceptors (Lipinski definition) is 6. The minimum Gasteiger partial charge on any atom is -0.465 e. The number of carbonyl (C=O) groups is 2. The molecule has 2 aromatic heterocycles. The summed E-state index contributed by atoms with van der Waals surface area (Å²) in [4.78, 5) is 23.7. The van der Waals surface area contributed by atoms with Gasteiger partial charge in [0, 0.05) is 11.8 Å². The lowest BCUT2D eigenvalue weighted by Crippen LogP contribution is -2.18. The number of hydrogen-bond donors (Lipinski definition) is 2. The highest BCUT2D eigenvalue weighted by Crippen LogP contribution is 2.13. The second-order valence-corrected chi connectivity index (χ2v) is 5.48. The van der Waals surface area contributed by atoms with Gasteiger partial charge in [0.2, 0.25) is 0 Å². The predicted molar refractivity (Wildman–Crippen MR) is 98.2 cm³/mol. The van der Waals surface area contributed by atoms with Gasteiger partial charge in [-0.3, -0.25) is 9.89 Å². The molecule has 0 saturated heterocycles. The lowest BCUT2D eigenvalue weighted by atomic mass is 10.2. The van der Waals surface area contributed by atoms with Crippen molar-refractivity contribution >= 4 is 24.2 Å². The van der Waals surface area contributed by atoms with E-state index in [1.807, 2.05) is 0 Å². The summed E-state index contributed by atoms with van der Waals surface area (Å²) >= 11 is 0. The van der Waals surface area contributed by atoms with E-state index in [0.29, 0.717) is 17.1 Å². The minimum absolute atomic E-state index is 0.246. The first-order valence-electron chi connectivity index (χ1n) is 7.99. The number of carbonyl (C=O) groups excluding carboxylic acids is 2. The fourth-order valence-corrected chi connectivity index (χ4v) is 2.10. The molecule has 0 atom stereocenters. The summed E-state index contributed by atoms with van der Waals surface area (Å²) in [7, 11) is 0. The molecule has 1 aromatic carbocycles. The largest absolute Gasteiger partial charge is 0.465 e. The second kappa shape index (κ2) is 8.43. The van der Waals surface area contributed by atoms with Crippen LogP contribution in [0.3, 0.4) is 0 Å². The van der Waals surface area contributed by atoms with Gasteiger partial charge in [0.1, 0.15) is 11.5 Å². The van der Waals surface area contributed by atoms with Crippen molar-refractivity contribution in [2.24, 2.45) is 5.10 Å². The Morgan fingerprint density at radius 1 is 1.26 bits per heavy atom. The van der Waals surface area contributed by atoms with Crippen LogP contribution in [-0.4, -0.2) is 28.3 Å². The normalized spacial score (nSPS) is 11.1. The van der Waals surface area contributed by atoms with E-state index in [0.717, 1.165) is 5.69 Å². The molecule has 0 unspecified atom stereocenters. The highest BCUT2D eigenvalue weighted by molar-refractivity contribution is 5.93. The SMILES string of the molecule is Cc1cc(C(=O)N/N=C\c2cccc(OC(=O)/C=C/c3ccco3)c2)n[nH]1. The van der Waals surface area contributed by atoms with Crippen LogP contribution in [0.5, 0.6) is 5.75 Å². The number of furan rings is 1. The number of aromatic amines is 1. The average molecular weight is 364 g/mol. The summed E-state index contributed by atoms with van der Waals surface area (Å²) < 4.78 is 10.3. The van der Waals surface area contributed by atoms with Gasteiger partial charge in [-0.15, -0.1) is 0 Å². The zero-order valence-corrected chi connectivity index (χ0v) is 14.4. The number of hydrazone groups is 1. The van der Waals surface area contributed by atoms with Crippen LogP contribution < -0.4 is 10.2 Å². The Labute approximate surface area is 154 Å². The van der Waals surface area contributed by atoms with E-state index in [4.69, 9.17) is 9.15 Å². The van der Waals surface area contributed by atoms with Crippen LogP contribution in [0.2, 0.25) is 0 Å². The molecule has 0 saturated carbocycles. The third-order valence-corrected chi connectivity index (χ3v) is 3.32. The van der Waals surface area contributed by atoms with Gasteiger partial charge in [-0.05, 0) is 48.9 Å². The Morgan fingerprint density at radius 2 is 2.15 bits per heavy atom. The number of rotatable bonds is 6. The smallest absolute Gasteiger partial charge is 0.336 e. The van der Waals surface area contributed by atoms with Crippen molar-refractivity contribution in [3.63, 3.8) is 0 Å². The van der Waals surface area contributed by atoms with Crippen molar-refractivity contribution in [2.45, 2.75) is 6.92 Å². The number of benzene rings is 1. The summed E-state index contributed by atoms with van der Waals surface area (Å²) in [5.74, 6) is -0.0677. The number of aromatic nitrogens is 2. The minimum atomic E-state index is -0.539. The second-order valence-electron chi connectivity index (χ2n) is 5.48. The summed E-state index contributed by atoms with van der Waals surface area (Å²) in [6, 6.07) is 11.8. The fraction of sp³-hybridized carbons (Fsp3) is 0.0526. The molecule has 0 aliphatic rings. The van der Waals surface area contributed by atoms with Crippen molar-refractivity contribution in [2.75, 3.05) is 0 Å². The number of esters is 1. The maximum atomic E-state index is 11.8. The zero-order chi connectivity index (χ0) is 19.1. The molecular weight excluding hydrogens is 348 g/mol. The molecular formula is C19H16N4O4. The Morgan fingerprint density at radius 3 is 2.89 bits per heavy atom. The van der Waals surface area contributed by atoms with E-state index in [1.165, 1.54) is 24.6 Å². The van der Waals surface area contributed by atoms with Gasteiger partial charge in [-0.25, -0.2) is 10.2 Å². The molecule has 8 heteroatoms. The van der Waals surface area contributed by atoms with Crippen LogP contribution in [0.15, 0.2) is 64.3 Å². The number of nitrogens with zero attached hydrogens (tertiary/aromatic N) is 2. The van der Waals surface area contributed by atoms with Gasteiger partial charge in [-0.2, -0.15) is 10.2 Å². The van der Waals surface area contributed by atoms with Gasteiger partial charge >= 0.3 is 5.97 Å². The number of aryl methyl sites for hydroxylation is 1. The van der Waals surface area contributed by atoms with Gasteiger partial charge in [0.15, 0.2) is 5.69 Å². The molecule has 3 aromatic rings. The van der Waals surface area contributed by atoms with E-state index >= 15 is 0 Å². The van der Waals surface area contributed by atoms with Crippen LogP contribution in [0.1, 0.15) is 27.5 Å². The molecule has 136 valence electrons. The fourth-order valence-electron chi connectivity index (χ4n) is 2.10. The van der Waals surface area contributed by atoms with Crippen LogP contribution >= 0.6 is 0 Å². The summed E-state index contributed by atoms with van der Waals surface area (Å²) in [6.07, 6.45) is 5.74. The van der Waals surface area contributed by atoms with Crippen molar-refractivity contribution < 1.29 is 18.7 Å². The lowest BCUT2D eigenvalue weighted by molar-refractivity contribution is -0.128. The third-order valence-electron chi connectivity index (χ3n) is 3.32. The number of amides is 1. The van der Waals surface area contributed by atoms with Crippen molar-refractivity contribution in [3.05, 3.63) is 77.5 Å². The first-order chi connectivity index (χ1) is 13.1. The van der Waals surface area contributed by atoms with E-state index in [-0.39, 0.29) is 5.69 Å². The first kappa shape index (κ1) is 17.9. The molecule has 0 radical (unpaired) electrons. The third kappa shape index (κ3) is 5.27. The van der Waals surface area contributed by atoms with Crippen molar-refractivity contribution in [3.8, 4) is 5.75 Å². The summed E-state index contributed by atoms with van der Waals surface area (Å²) in [6.45, 7) is 1.80. The number of H-pyrrole nitrogens is 1. The van der Waals surface area contributed by atoms with Crippen molar-refractivity contribution in [1.82, 2.24) is 15.6 Å². The highest BCUT2D eigenvalue weighted by Gasteiger charge is 2.07. The Balaban J connectivity index is 1.56. The highest BCUT2D eigenvalue weighted by atomic mass is 16.5. The zero-order valence-electron chi connectivity index (χ0n) is 14.4. The van der Waals surface area contributed by atoms with Crippen LogP contribution in [0.25, 0.3) is 6.08 Å². The maximum Gasteiger partial charge on any atom is 0.336 e. The van der Waals surface area contributed by atoms with Gasteiger partial charge < -0.3 is 9.15 Å². The molecule has 8 nitrogen and oxygen atoms in total. The van der Waals surface area contributed by atoms with Crippen LogP contribution in [0, 0.1) is 6.92 Å². The molecule has 2 heterocycles. The Kier molecular flexibility index (Phi) is 5.58. The molecule has 0 aliphatic heterocycles. The molecule has 0 spiro atoms. The number of ether oxygens (including phenoxy) is 1. The van der Waals surface area contributed by atoms with E-state index in [1.54, 1.807) is 49.4 Å². The topological polar surface area (TPSA) is 110 Å². The molecule has 1 amide bonds. The lowest BCUT2D eigenvalue weighted by Gasteiger charge is -2.02. The standard InChI is InChI=1S/C19H16N4O4/c1-13-10-17(22-21-13)19(25)23-20-12-14-4-2-5-16(11-14)27-18(24)8-7-15-6-3-9-26-15/h2-12H,1H3,(H,21,22)(H,23,25)/b8-7+,20-12-. The molecule has 0 aliphatic carbocycles. The van der Waals surface area contributed by atoms with Gasteiger partial charge in [-0.1, -0.05) is 12.1 Å². The van der Waals surface area contributed by atoms with E-state index in [2.05, 4.69) is 20.7 Å². The summed E-state index contributed by atoms with van der Waals surface area (Å²) in [5.41, 5.74) is 4.05. The first-order valence-corrected chi connectivity index (χ1v) is 7.99. The monoisotopic (exact) mass is 364 g/mol. The quantitative estimate of drug-likeness (QED) is 0.230. The molecule has 0 fully saturated rings. The maximum absolute atomic E-state index is 11.8. The van der Waals surface area contributed by atoms with Gasteiger partial charge in [0.25, 0.3) is 5.91 Å². The average Bonchev–Trinajstić information content (AvgIpc) is 3.32. The molecule has 3 rings (SSSR count). The van der Waals surface area contributed by atoms with Crippen LogP contribution in [0.4, 0.5) is 0 Å². The van der Waals surface area contributed by atoms with Gasteiger partial charge in [0.05, 0.1) is 12.5 Å². The summed E-state index contributed by atoms with van der Waals surface area (Å²) in [5, 5.41) is 10.4. The predicted octanol–water partition coefficient (Wildman–Crippen LogP) is 2.69. The molecule has 2 N–H and O–H groups in total. The van der Waals surface area contributed by atoms with E-state index < -0.39 is 11.9 Å². The molecule has 27 heavy (non-hydrogen) atoms. The number of nitrogens with one attached hydrogen (secondary N) is 2. The Hall–Kier alpha value is -3.94. The van der Waals surface area contributed by atoms with Crippen LogP contribution in [-0.2, 0) is 4.79 Å².